The van der Waals surface area contributed by atoms with E-state index in [1.165, 1.54) is 0 Å². The van der Waals surface area contributed by atoms with Crippen LogP contribution in [0.25, 0.3) is 0 Å². The maximum absolute atomic E-state index is 12.5. The number of nitrogens with one attached hydrogen (secondary N) is 1. The molecule has 0 aliphatic heterocycles. The van der Waals surface area contributed by atoms with Gasteiger partial charge in [0, 0.05) is 12.2 Å². The number of rotatable bonds is 6. The number of hydrogen-bond donors (Lipinski definition) is 1. The van der Waals surface area contributed by atoms with Crippen molar-refractivity contribution in [1.29, 1.82) is 0 Å². The summed E-state index contributed by atoms with van der Waals surface area (Å²) in [6, 6.07) is 1.85. The molecule has 5 heteroatoms. The molecule has 0 aromatic carbocycles. The number of carbonyl (C=O) groups is 1. The summed E-state index contributed by atoms with van der Waals surface area (Å²) >= 11 is 0. The van der Waals surface area contributed by atoms with E-state index in [1.807, 2.05) is 26.8 Å². The van der Waals surface area contributed by atoms with Crippen molar-refractivity contribution >= 4 is 11.6 Å². The topological polar surface area (TPSA) is 60.5 Å². The van der Waals surface area contributed by atoms with E-state index in [0.717, 1.165) is 18.4 Å². The van der Waals surface area contributed by atoms with Crippen molar-refractivity contribution in [3.8, 4) is 5.88 Å². The highest BCUT2D eigenvalue weighted by Gasteiger charge is 2.48. The number of hydrogen-bond acceptors (Lipinski definition) is 4. The molecule has 20 heavy (non-hydrogen) atoms. The van der Waals surface area contributed by atoms with Gasteiger partial charge in [-0.3, -0.25) is 4.79 Å². The minimum absolute atomic E-state index is 0.104. The lowest BCUT2D eigenvalue weighted by Gasteiger charge is -2.28. The molecule has 0 spiro atoms. The number of pyridine rings is 1. The van der Waals surface area contributed by atoms with Crippen molar-refractivity contribution in [2.75, 3.05) is 19.0 Å². The molecule has 1 aromatic rings. The molecule has 0 unspecified atom stereocenters. The summed E-state index contributed by atoms with van der Waals surface area (Å²) < 4.78 is 10.8. The molecule has 110 valence electrons. The van der Waals surface area contributed by atoms with Crippen molar-refractivity contribution in [3.05, 3.63) is 17.8 Å². The van der Waals surface area contributed by atoms with E-state index in [0.29, 0.717) is 24.1 Å². The smallest absolute Gasteiger partial charge is 0.256 e. The highest BCUT2D eigenvalue weighted by atomic mass is 16.5. The van der Waals surface area contributed by atoms with Crippen molar-refractivity contribution in [2.45, 2.75) is 39.2 Å². The van der Waals surface area contributed by atoms with E-state index < -0.39 is 5.60 Å². The van der Waals surface area contributed by atoms with E-state index in [2.05, 4.69) is 10.3 Å². The molecule has 5 nitrogen and oxygen atoms in total. The van der Waals surface area contributed by atoms with Gasteiger partial charge in [0.2, 0.25) is 5.88 Å². The van der Waals surface area contributed by atoms with Crippen molar-refractivity contribution in [3.63, 3.8) is 0 Å². The van der Waals surface area contributed by atoms with Crippen LogP contribution in [0.1, 0.15) is 32.3 Å². The summed E-state index contributed by atoms with van der Waals surface area (Å²) in [6.07, 6.45) is 3.69. The van der Waals surface area contributed by atoms with Crippen LogP contribution >= 0.6 is 0 Å². The number of carbonyl (C=O) groups excluding carboxylic acids is 1. The Kier molecular flexibility index (Phi) is 4.28. The van der Waals surface area contributed by atoms with Crippen molar-refractivity contribution in [1.82, 2.24) is 4.98 Å². The highest BCUT2D eigenvalue weighted by Crippen LogP contribution is 2.42. The normalized spacial score (nSPS) is 17.4. The van der Waals surface area contributed by atoms with Gasteiger partial charge in [-0.1, -0.05) is 0 Å². The third kappa shape index (κ3) is 2.93. The highest BCUT2D eigenvalue weighted by molar-refractivity contribution is 5.97. The summed E-state index contributed by atoms with van der Waals surface area (Å²) in [5.41, 5.74) is 0.803. The molecule has 1 heterocycles. The molecule has 1 aliphatic rings. The Hall–Kier alpha value is -1.62. The van der Waals surface area contributed by atoms with Gasteiger partial charge < -0.3 is 14.8 Å². The zero-order chi connectivity index (χ0) is 14.8. The number of amides is 1. The molecule has 0 bridgehead atoms. The quantitative estimate of drug-likeness (QED) is 0.868. The van der Waals surface area contributed by atoms with E-state index in [-0.39, 0.29) is 5.91 Å². The van der Waals surface area contributed by atoms with Crippen LogP contribution in [-0.2, 0) is 9.53 Å². The molecule has 1 saturated carbocycles. The lowest BCUT2D eigenvalue weighted by atomic mass is 9.99. The third-order valence-electron chi connectivity index (χ3n) is 3.73. The van der Waals surface area contributed by atoms with Gasteiger partial charge >= 0.3 is 0 Å². The van der Waals surface area contributed by atoms with Crippen LogP contribution in [0.2, 0.25) is 0 Å². The number of ether oxygens (including phenoxy) is 2. The number of nitrogens with zero attached hydrogens (tertiary/aromatic N) is 1. The summed E-state index contributed by atoms with van der Waals surface area (Å²) in [5, 5.41) is 2.90. The average Bonchev–Trinajstić information content (AvgIpc) is 3.23. The molecule has 1 atom stereocenters. The van der Waals surface area contributed by atoms with Gasteiger partial charge in [-0.25, -0.2) is 4.98 Å². The van der Waals surface area contributed by atoms with Crippen LogP contribution in [0.3, 0.4) is 0 Å². The van der Waals surface area contributed by atoms with Gasteiger partial charge in [0.1, 0.15) is 5.60 Å². The first-order chi connectivity index (χ1) is 9.51. The minimum Gasteiger partial charge on any atom is -0.481 e. The maximum Gasteiger partial charge on any atom is 0.256 e. The molecule has 1 aliphatic carbocycles. The van der Waals surface area contributed by atoms with E-state index in [9.17, 15) is 4.79 Å². The van der Waals surface area contributed by atoms with Crippen LogP contribution in [0.4, 0.5) is 5.69 Å². The predicted molar refractivity (Wildman–Crippen MR) is 76.9 cm³/mol. The van der Waals surface area contributed by atoms with Crippen LogP contribution in [-0.4, -0.2) is 30.2 Å². The monoisotopic (exact) mass is 278 g/mol. The first-order valence-electron chi connectivity index (χ1n) is 6.97. The first kappa shape index (κ1) is 14.8. The van der Waals surface area contributed by atoms with E-state index in [4.69, 9.17) is 9.47 Å². The van der Waals surface area contributed by atoms with Crippen LogP contribution in [0.5, 0.6) is 5.88 Å². The second-order valence-electron chi connectivity index (χ2n) is 5.32. The van der Waals surface area contributed by atoms with Gasteiger partial charge in [0.15, 0.2) is 0 Å². The van der Waals surface area contributed by atoms with Gasteiger partial charge in [-0.2, -0.15) is 0 Å². The van der Waals surface area contributed by atoms with Crippen LogP contribution in [0.15, 0.2) is 12.3 Å². The van der Waals surface area contributed by atoms with Gasteiger partial charge in [0.05, 0.1) is 19.0 Å². The van der Waals surface area contributed by atoms with Gasteiger partial charge in [0.25, 0.3) is 5.91 Å². The Morgan fingerprint density at radius 1 is 1.55 bits per heavy atom. The lowest BCUT2D eigenvalue weighted by Crippen LogP contribution is -2.44. The average molecular weight is 278 g/mol. The van der Waals surface area contributed by atoms with Crippen molar-refractivity contribution in [2.24, 2.45) is 5.92 Å². The second-order valence-corrected chi connectivity index (χ2v) is 5.32. The van der Waals surface area contributed by atoms with Crippen molar-refractivity contribution < 1.29 is 14.3 Å². The molecular formula is C15H22N2O3. The zero-order valence-corrected chi connectivity index (χ0v) is 12.5. The minimum atomic E-state index is -0.747. The molecule has 0 radical (unpaired) electrons. The summed E-state index contributed by atoms with van der Waals surface area (Å²) in [6.45, 7) is 6.20. The molecule has 1 fully saturated rings. The fraction of sp³-hybridized carbons (Fsp3) is 0.600. The van der Waals surface area contributed by atoms with Gasteiger partial charge in [-0.15, -0.1) is 0 Å². The van der Waals surface area contributed by atoms with E-state index >= 15 is 0 Å². The maximum atomic E-state index is 12.5. The Morgan fingerprint density at radius 2 is 2.25 bits per heavy atom. The summed E-state index contributed by atoms with van der Waals surface area (Å²) in [7, 11) is 1.58. The number of aromatic nitrogens is 1. The molecule has 2 rings (SSSR count). The summed E-state index contributed by atoms with van der Waals surface area (Å²) in [5.74, 6) is 0.778. The fourth-order valence-electron chi connectivity index (χ4n) is 2.40. The Morgan fingerprint density at radius 3 is 2.75 bits per heavy atom. The van der Waals surface area contributed by atoms with Crippen LogP contribution < -0.4 is 10.1 Å². The fourth-order valence-corrected chi connectivity index (χ4v) is 2.40. The standard InChI is InChI=1S/C15H22N2O3/c1-5-20-15(3,11-6-7-11)14(18)17-12-8-10(2)13(19-4)16-9-12/h8-9,11H,5-7H2,1-4H3,(H,17,18)/t15-/m0/s1. The largest absolute Gasteiger partial charge is 0.481 e. The number of aryl methyl sites for hydroxylation is 1. The third-order valence-corrected chi connectivity index (χ3v) is 3.73. The Balaban J connectivity index is 2.12. The molecule has 1 N–H and O–H groups in total. The summed E-state index contributed by atoms with van der Waals surface area (Å²) in [4.78, 5) is 16.6. The lowest BCUT2D eigenvalue weighted by molar-refractivity contribution is -0.141. The number of anilines is 1. The molecular weight excluding hydrogens is 256 g/mol. The molecule has 1 amide bonds. The first-order valence-corrected chi connectivity index (χ1v) is 6.97. The second kappa shape index (κ2) is 5.79. The SMILES string of the molecule is CCO[C@](C)(C(=O)Nc1cnc(OC)c(C)c1)C1CC1. The van der Waals surface area contributed by atoms with Crippen LogP contribution in [0, 0.1) is 12.8 Å². The Labute approximate surface area is 119 Å². The number of methoxy groups -OCH3 is 1. The molecule has 0 saturated heterocycles. The molecule has 1 aromatic heterocycles. The van der Waals surface area contributed by atoms with E-state index in [1.54, 1.807) is 13.3 Å². The van der Waals surface area contributed by atoms with Gasteiger partial charge in [-0.05, 0) is 45.6 Å². The zero-order valence-electron chi connectivity index (χ0n) is 12.5. The predicted octanol–water partition coefficient (Wildman–Crippen LogP) is 2.54. The Bertz CT molecular complexity index is 500.